The lowest BCUT2D eigenvalue weighted by molar-refractivity contribution is -0.141. The number of halogens is 1. The van der Waals surface area contributed by atoms with E-state index in [-0.39, 0.29) is 29.3 Å². The highest BCUT2D eigenvalue weighted by molar-refractivity contribution is 7.81. The second kappa shape index (κ2) is 9.32. The number of methoxy groups -OCH3 is 1. The van der Waals surface area contributed by atoms with Crippen molar-refractivity contribution >= 4 is 30.5 Å². The summed E-state index contributed by atoms with van der Waals surface area (Å²) in [6, 6.07) is 5.88. The van der Waals surface area contributed by atoms with Crippen LogP contribution in [0, 0.1) is 11.7 Å². The SMILES string of the molecule is COC(=O)Cn1ncnc1C=C1CN(C(C(=O)C2CC2)c2ccccc2F)CCC1S. The lowest BCUT2D eigenvalue weighted by Gasteiger charge is -2.37. The van der Waals surface area contributed by atoms with Gasteiger partial charge < -0.3 is 4.74 Å². The molecule has 7 nitrogen and oxygen atoms in total. The molecule has 2 unspecified atom stereocenters. The number of rotatable bonds is 7. The minimum atomic E-state index is -0.620. The second-order valence-electron chi connectivity index (χ2n) is 7.95. The predicted molar refractivity (Wildman–Crippen MR) is 116 cm³/mol. The van der Waals surface area contributed by atoms with E-state index in [1.807, 2.05) is 11.0 Å². The maximum absolute atomic E-state index is 14.7. The van der Waals surface area contributed by atoms with Crippen molar-refractivity contribution in [3.05, 3.63) is 53.4 Å². The number of benzene rings is 1. The summed E-state index contributed by atoms with van der Waals surface area (Å²) >= 11 is 4.71. The van der Waals surface area contributed by atoms with Crippen LogP contribution in [0.1, 0.15) is 36.7 Å². The molecule has 31 heavy (non-hydrogen) atoms. The molecule has 1 aromatic carbocycles. The summed E-state index contributed by atoms with van der Waals surface area (Å²) < 4.78 is 20.8. The van der Waals surface area contributed by atoms with E-state index in [4.69, 9.17) is 17.4 Å². The number of hydrogen-bond acceptors (Lipinski definition) is 7. The van der Waals surface area contributed by atoms with Crippen LogP contribution < -0.4 is 0 Å². The van der Waals surface area contributed by atoms with E-state index in [0.29, 0.717) is 30.9 Å². The number of Topliss-reactive ketones (excluding diaryl/α,β-unsaturated/α-hetero) is 1. The van der Waals surface area contributed by atoms with Crippen LogP contribution in [-0.4, -0.2) is 56.9 Å². The van der Waals surface area contributed by atoms with E-state index in [2.05, 4.69) is 10.1 Å². The average Bonchev–Trinajstić information content (AvgIpc) is 3.53. The second-order valence-corrected chi connectivity index (χ2v) is 8.57. The van der Waals surface area contributed by atoms with Gasteiger partial charge in [0.25, 0.3) is 0 Å². The summed E-state index contributed by atoms with van der Waals surface area (Å²) in [5.41, 5.74) is 1.36. The smallest absolute Gasteiger partial charge is 0.327 e. The molecule has 2 aliphatic rings. The Morgan fingerprint density at radius 1 is 1.32 bits per heavy atom. The Morgan fingerprint density at radius 3 is 2.81 bits per heavy atom. The molecule has 4 rings (SSSR count). The first-order valence-corrected chi connectivity index (χ1v) is 10.8. The molecule has 0 amide bonds. The van der Waals surface area contributed by atoms with Gasteiger partial charge in [-0.05, 0) is 37.0 Å². The van der Waals surface area contributed by atoms with Gasteiger partial charge >= 0.3 is 5.97 Å². The molecule has 0 N–H and O–H groups in total. The molecule has 164 valence electrons. The van der Waals surface area contributed by atoms with Gasteiger partial charge in [0.2, 0.25) is 0 Å². The van der Waals surface area contributed by atoms with E-state index in [1.165, 1.54) is 24.2 Å². The van der Waals surface area contributed by atoms with Crippen LogP contribution in [0.4, 0.5) is 4.39 Å². The van der Waals surface area contributed by atoms with Gasteiger partial charge in [-0.15, -0.1) is 0 Å². The number of nitrogens with zero attached hydrogens (tertiary/aromatic N) is 4. The summed E-state index contributed by atoms with van der Waals surface area (Å²) in [6.07, 6.45) is 5.67. The molecule has 9 heteroatoms. The highest BCUT2D eigenvalue weighted by Crippen LogP contribution is 2.39. The molecule has 1 aromatic heterocycles. The third kappa shape index (κ3) is 4.88. The average molecular weight is 445 g/mol. The van der Waals surface area contributed by atoms with Gasteiger partial charge in [-0.2, -0.15) is 17.7 Å². The molecule has 1 aliphatic heterocycles. The first-order chi connectivity index (χ1) is 15.0. The Balaban J connectivity index is 1.62. The molecular weight excluding hydrogens is 419 g/mol. The Labute approximate surface area is 185 Å². The van der Waals surface area contributed by atoms with E-state index in [9.17, 15) is 14.0 Å². The number of esters is 1. The van der Waals surface area contributed by atoms with Gasteiger partial charge in [0.05, 0.1) is 13.2 Å². The van der Waals surface area contributed by atoms with Crippen molar-refractivity contribution in [2.24, 2.45) is 5.92 Å². The topological polar surface area (TPSA) is 77.3 Å². The molecule has 0 bridgehead atoms. The van der Waals surface area contributed by atoms with Gasteiger partial charge in [0.15, 0.2) is 11.6 Å². The van der Waals surface area contributed by atoms with Crippen molar-refractivity contribution in [1.82, 2.24) is 19.7 Å². The van der Waals surface area contributed by atoms with E-state index in [0.717, 1.165) is 18.4 Å². The number of aromatic nitrogens is 3. The minimum Gasteiger partial charge on any atom is -0.468 e. The van der Waals surface area contributed by atoms with E-state index >= 15 is 0 Å². The third-order valence-electron chi connectivity index (χ3n) is 5.78. The number of hydrogen-bond donors (Lipinski definition) is 1. The number of carbonyl (C=O) groups excluding carboxylic acids is 2. The Kier molecular flexibility index (Phi) is 6.52. The molecule has 0 spiro atoms. The van der Waals surface area contributed by atoms with E-state index < -0.39 is 12.0 Å². The number of carbonyl (C=O) groups is 2. The van der Waals surface area contributed by atoms with Crippen LogP contribution in [0.15, 0.2) is 36.2 Å². The molecular formula is C22H25FN4O3S. The van der Waals surface area contributed by atoms with Crippen LogP contribution in [0.5, 0.6) is 0 Å². The number of likely N-dealkylation sites (tertiary alicyclic amines) is 1. The summed E-state index contributed by atoms with van der Waals surface area (Å²) in [5.74, 6) is -0.188. The molecule has 1 saturated carbocycles. The van der Waals surface area contributed by atoms with Crippen molar-refractivity contribution in [2.75, 3.05) is 20.2 Å². The normalized spacial score (nSPS) is 21.8. The molecule has 2 atom stereocenters. The lowest BCUT2D eigenvalue weighted by atomic mass is 9.93. The maximum atomic E-state index is 14.7. The lowest BCUT2D eigenvalue weighted by Crippen LogP contribution is -2.42. The van der Waals surface area contributed by atoms with Gasteiger partial charge in [-0.25, -0.2) is 14.1 Å². The van der Waals surface area contributed by atoms with Crippen LogP contribution in [-0.2, 0) is 20.9 Å². The third-order valence-corrected chi connectivity index (χ3v) is 6.37. The fourth-order valence-corrected chi connectivity index (χ4v) is 4.20. The van der Waals surface area contributed by atoms with Crippen molar-refractivity contribution < 1.29 is 18.7 Å². The maximum Gasteiger partial charge on any atom is 0.327 e. The van der Waals surface area contributed by atoms with Crippen LogP contribution in [0.3, 0.4) is 0 Å². The number of ether oxygens (including phenoxy) is 1. The molecule has 0 radical (unpaired) electrons. The predicted octanol–water partition coefficient (Wildman–Crippen LogP) is 2.70. The zero-order valence-electron chi connectivity index (χ0n) is 17.3. The molecule has 2 fully saturated rings. The molecule has 2 heterocycles. The van der Waals surface area contributed by atoms with Crippen molar-refractivity contribution in [3.63, 3.8) is 0 Å². The highest BCUT2D eigenvalue weighted by Gasteiger charge is 2.40. The van der Waals surface area contributed by atoms with E-state index in [1.54, 1.807) is 18.2 Å². The highest BCUT2D eigenvalue weighted by atomic mass is 32.1. The monoisotopic (exact) mass is 444 g/mol. The Morgan fingerprint density at radius 2 is 2.10 bits per heavy atom. The summed E-state index contributed by atoms with van der Waals surface area (Å²) in [5, 5.41) is 4.05. The number of ketones is 1. The standard InChI is InChI=1S/C22H25FN4O3S/c1-30-20(28)12-27-19(24-13-25-27)10-15-11-26(9-8-18(15)31)21(22(29)14-6-7-14)16-4-2-3-5-17(16)23/h2-5,10,13-14,18,21,31H,6-9,11-12H2,1H3. The minimum absolute atomic E-state index is 0.00826. The van der Waals surface area contributed by atoms with Crippen molar-refractivity contribution in [1.29, 1.82) is 0 Å². The van der Waals surface area contributed by atoms with Crippen LogP contribution in [0.2, 0.25) is 0 Å². The Bertz CT molecular complexity index is 1000. The summed E-state index contributed by atoms with van der Waals surface area (Å²) in [4.78, 5) is 31.0. The molecule has 1 aliphatic carbocycles. The van der Waals surface area contributed by atoms with Gasteiger partial charge in [-0.1, -0.05) is 18.2 Å². The fraction of sp³-hybridized carbons (Fsp3) is 0.455. The molecule has 1 saturated heterocycles. The molecule has 2 aromatic rings. The first kappa shape index (κ1) is 21.7. The summed E-state index contributed by atoms with van der Waals surface area (Å²) in [7, 11) is 1.32. The first-order valence-electron chi connectivity index (χ1n) is 10.3. The van der Waals surface area contributed by atoms with Gasteiger partial charge in [0, 0.05) is 29.8 Å². The Hall–Kier alpha value is -2.52. The van der Waals surface area contributed by atoms with Crippen molar-refractivity contribution in [3.8, 4) is 0 Å². The number of piperidine rings is 1. The summed E-state index contributed by atoms with van der Waals surface area (Å²) in [6.45, 7) is 1.04. The van der Waals surface area contributed by atoms with Crippen molar-refractivity contribution in [2.45, 2.75) is 37.1 Å². The quantitative estimate of drug-likeness (QED) is 0.523. The van der Waals surface area contributed by atoms with Gasteiger partial charge in [-0.3, -0.25) is 14.5 Å². The van der Waals surface area contributed by atoms with Crippen LogP contribution >= 0.6 is 12.6 Å². The number of thiol groups is 1. The van der Waals surface area contributed by atoms with Crippen LogP contribution in [0.25, 0.3) is 6.08 Å². The zero-order chi connectivity index (χ0) is 22.0. The zero-order valence-corrected chi connectivity index (χ0v) is 18.2. The fourth-order valence-electron chi connectivity index (χ4n) is 3.93. The largest absolute Gasteiger partial charge is 0.468 e. The van der Waals surface area contributed by atoms with Gasteiger partial charge in [0.1, 0.15) is 18.7 Å².